The molecule has 0 N–H and O–H groups in total. The molecule has 1 saturated carbocycles. The van der Waals surface area contributed by atoms with Crippen LogP contribution in [0.25, 0.3) is 0 Å². The first-order valence-corrected chi connectivity index (χ1v) is 8.71. The normalized spacial score (nSPS) is 32.2. The summed E-state index contributed by atoms with van der Waals surface area (Å²) in [6, 6.07) is 11.3. The first-order chi connectivity index (χ1) is 10.4. The van der Waals surface area contributed by atoms with Crippen molar-refractivity contribution in [1.82, 2.24) is 4.90 Å². The van der Waals surface area contributed by atoms with Crippen molar-refractivity contribution in [2.45, 2.75) is 38.0 Å². The van der Waals surface area contributed by atoms with Crippen LogP contribution in [0.1, 0.15) is 43.6 Å². The van der Waals surface area contributed by atoms with E-state index in [1.54, 1.807) is 5.56 Å². The van der Waals surface area contributed by atoms with E-state index in [1.807, 2.05) is 0 Å². The molecular formula is C19H27NO. The second kappa shape index (κ2) is 5.73. The van der Waals surface area contributed by atoms with Crippen molar-refractivity contribution in [3.05, 3.63) is 35.9 Å². The third-order valence-electron chi connectivity index (χ3n) is 6.06. The maximum atomic E-state index is 5.57. The van der Waals surface area contributed by atoms with E-state index in [1.165, 1.54) is 51.7 Å². The van der Waals surface area contributed by atoms with Crippen LogP contribution < -0.4 is 0 Å². The summed E-state index contributed by atoms with van der Waals surface area (Å²) in [7, 11) is 0. The molecule has 4 rings (SSSR count). The smallest absolute Gasteiger partial charge is 0.0507 e. The van der Waals surface area contributed by atoms with Crippen molar-refractivity contribution in [3.8, 4) is 0 Å². The molecule has 0 amide bonds. The van der Waals surface area contributed by atoms with Crippen molar-refractivity contribution in [2.75, 3.05) is 32.8 Å². The average Bonchev–Trinajstić information content (AvgIpc) is 3.24. The van der Waals surface area contributed by atoms with Crippen LogP contribution in [0.4, 0.5) is 0 Å². The molecule has 1 aliphatic carbocycles. The molecule has 2 atom stereocenters. The van der Waals surface area contributed by atoms with Gasteiger partial charge in [-0.3, -0.25) is 0 Å². The molecule has 2 heteroatoms. The average molecular weight is 285 g/mol. The fraction of sp³-hybridized carbons (Fsp3) is 0.684. The lowest BCUT2D eigenvalue weighted by Crippen LogP contribution is -2.30. The largest absolute Gasteiger partial charge is 0.381 e. The SMILES string of the molecule is c1ccc(C2CN(CC3CCOC3)CC23CCCC3)cc1. The van der Waals surface area contributed by atoms with E-state index < -0.39 is 0 Å². The van der Waals surface area contributed by atoms with Crippen molar-refractivity contribution >= 4 is 0 Å². The van der Waals surface area contributed by atoms with Crippen LogP contribution in [0.5, 0.6) is 0 Å². The van der Waals surface area contributed by atoms with Gasteiger partial charge >= 0.3 is 0 Å². The first kappa shape index (κ1) is 13.8. The molecule has 1 aromatic carbocycles. The van der Waals surface area contributed by atoms with Crippen molar-refractivity contribution in [1.29, 1.82) is 0 Å². The van der Waals surface area contributed by atoms with Gasteiger partial charge in [0.2, 0.25) is 0 Å². The van der Waals surface area contributed by atoms with Crippen LogP contribution in [0.3, 0.4) is 0 Å². The van der Waals surface area contributed by atoms with Crippen LogP contribution in [0.2, 0.25) is 0 Å². The van der Waals surface area contributed by atoms with E-state index in [2.05, 4.69) is 35.2 Å². The van der Waals surface area contributed by atoms with Gasteiger partial charge in [-0.15, -0.1) is 0 Å². The molecule has 1 spiro atoms. The Morgan fingerprint density at radius 1 is 1.14 bits per heavy atom. The standard InChI is InChI=1S/C19H27NO/c1-2-6-17(7-3-1)18-13-20(12-16-8-11-21-14-16)15-19(18)9-4-5-10-19/h1-3,6-7,16,18H,4-5,8-15H2. The second-order valence-electron chi connectivity index (χ2n) is 7.46. The molecule has 21 heavy (non-hydrogen) atoms. The second-order valence-corrected chi connectivity index (χ2v) is 7.46. The predicted octanol–water partition coefficient (Wildman–Crippen LogP) is 3.68. The van der Waals surface area contributed by atoms with Crippen molar-refractivity contribution in [2.24, 2.45) is 11.3 Å². The fourth-order valence-corrected chi connectivity index (χ4v) is 5.03. The summed E-state index contributed by atoms with van der Waals surface area (Å²) in [5.74, 6) is 1.53. The lowest BCUT2D eigenvalue weighted by Gasteiger charge is -2.30. The number of likely N-dealkylation sites (tertiary alicyclic amines) is 1. The number of hydrogen-bond donors (Lipinski definition) is 0. The van der Waals surface area contributed by atoms with Crippen LogP contribution in [0.15, 0.2) is 30.3 Å². The van der Waals surface area contributed by atoms with Crippen LogP contribution in [-0.2, 0) is 4.74 Å². The van der Waals surface area contributed by atoms with E-state index in [0.717, 1.165) is 25.0 Å². The van der Waals surface area contributed by atoms with E-state index in [4.69, 9.17) is 4.74 Å². The summed E-state index contributed by atoms with van der Waals surface area (Å²) in [6.45, 7) is 5.81. The summed E-state index contributed by atoms with van der Waals surface area (Å²) >= 11 is 0. The third-order valence-corrected chi connectivity index (χ3v) is 6.06. The van der Waals surface area contributed by atoms with Crippen LogP contribution >= 0.6 is 0 Å². The number of rotatable bonds is 3. The van der Waals surface area contributed by atoms with E-state index in [0.29, 0.717) is 5.41 Å². The van der Waals surface area contributed by atoms with Crippen molar-refractivity contribution in [3.63, 3.8) is 0 Å². The number of ether oxygens (including phenoxy) is 1. The molecule has 0 radical (unpaired) electrons. The number of hydrogen-bond acceptors (Lipinski definition) is 2. The third kappa shape index (κ3) is 2.64. The number of benzene rings is 1. The lowest BCUT2D eigenvalue weighted by atomic mass is 9.73. The molecule has 1 aromatic rings. The van der Waals surface area contributed by atoms with Gasteiger partial charge in [-0.25, -0.2) is 0 Å². The van der Waals surface area contributed by atoms with E-state index >= 15 is 0 Å². The van der Waals surface area contributed by atoms with Gasteiger partial charge in [-0.05, 0) is 36.2 Å². The highest BCUT2D eigenvalue weighted by Gasteiger charge is 2.48. The summed E-state index contributed by atoms with van der Waals surface area (Å²) in [5, 5.41) is 0. The predicted molar refractivity (Wildman–Crippen MR) is 85.5 cm³/mol. The van der Waals surface area contributed by atoms with E-state index in [-0.39, 0.29) is 0 Å². The van der Waals surface area contributed by atoms with Gasteiger partial charge in [0, 0.05) is 32.2 Å². The highest BCUT2D eigenvalue weighted by Crippen LogP contribution is 2.53. The molecule has 2 heterocycles. The lowest BCUT2D eigenvalue weighted by molar-refractivity contribution is 0.169. The van der Waals surface area contributed by atoms with E-state index in [9.17, 15) is 0 Å². The molecule has 114 valence electrons. The number of nitrogens with zero attached hydrogens (tertiary/aromatic N) is 1. The van der Waals surface area contributed by atoms with Gasteiger partial charge in [0.25, 0.3) is 0 Å². The van der Waals surface area contributed by atoms with Gasteiger partial charge in [0.1, 0.15) is 0 Å². The Hall–Kier alpha value is -0.860. The molecular weight excluding hydrogens is 258 g/mol. The van der Waals surface area contributed by atoms with Gasteiger partial charge in [-0.1, -0.05) is 43.2 Å². The molecule has 2 unspecified atom stereocenters. The Labute approximate surface area is 128 Å². The molecule has 0 aromatic heterocycles. The summed E-state index contributed by atoms with van der Waals surface area (Å²) < 4.78 is 5.57. The van der Waals surface area contributed by atoms with Crippen LogP contribution in [-0.4, -0.2) is 37.7 Å². The molecule has 2 nitrogen and oxygen atoms in total. The highest BCUT2D eigenvalue weighted by atomic mass is 16.5. The molecule has 3 aliphatic rings. The Kier molecular flexibility index (Phi) is 3.76. The van der Waals surface area contributed by atoms with Gasteiger partial charge in [-0.2, -0.15) is 0 Å². The Balaban J connectivity index is 1.53. The fourth-order valence-electron chi connectivity index (χ4n) is 5.03. The Morgan fingerprint density at radius 2 is 1.95 bits per heavy atom. The quantitative estimate of drug-likeness (QED) is 0.840. The monoisotopic (exact) mass is 285 g/mol. The Bertz CT molecular complexity index is 460. The maximum absolute atomic E-state index is 5.57. The summed E-state index contributed by atoms with van der Waals surface area (Å²) in [4.78, 5) is 2.75. The van der Waals surface area contributed by atoms with Gasteiger partial charge in [0.05, 0.1) is 6.61 Å². The molecule has 2 aliphatic heterocycles. The first-order valence-electron chi connectivity index (χ1n) is 8.71. The zero-order chi connectivity index (χ0) is 14.1. The minimum atomic E-state index is 0.570. The zero-order valence-electron chi connectivity index (χ0n) is 13.0. The van der Waals surface area contributed by atoms with Gasteiger partial charge in [0.15, 0.2) is 0 Å². The summed E-state index contributed by atoms with van der Waals surface area (Å²) in [5.41, 5.74) is 2.14. The Morgan fingerprint density at radius 3 is 2.67 bits per heavy atom. The maximum Gasteiger partial charge on any atom is 0.0507 e. The molecule has 2 saturated heterocycles. The minimum absolute atomic E-state index is 0.570. The molecule has 0 bridgehead atoms. The van der Waals surface area contributed by atoms with Gasteiger partial charge < -0.3 is 9.64 Å². The minimum Gasteiger partial charge on any atom is -0.381 e. The summed E-state index contributed by atoms with van der Waals surface area (Å²) in [6.07, 6.45) is 7.00. The van der Waals surface area contributed by atoms with Crippen molar-refractivity contribution < 1.29 is 4.74 Å². The highest BCUT2D eigenvalue weighted by molar-refractivity contribution is 5.25. The zero-order valence-corrected chi connectivity index (χ0v) is 13.0. The molecule has 3 fully saturated rings. The van der Waals surface area contributed by atoms with Crippen LogP contribution in [0, 0.1) is 11.3 Å². The topological polar surface area (TPSA) is 12.5 Å².